The Balaban J connectivity index is 1.92. The third kappa shape index (κ3) is 3.84. The van der Waals surface area contributed by atoms with Gasteiger partial charge in [0.05, 0.1) is 19.1 Å². The predicted molar refractivity (Wildman–Crippen MR) is 72.5 cm³/mol. The zero-order valence-electron chi connectivity index (χ0n) is 10.5. The zero-order chi connectivity index (χ0) is 13.5. The van der Waals surface area contributed by atoms with Gasteiger partial charge in [0.2, 0.25) is 0 Å². The SMILES string of the molecule is N#CCc1ccc(OCc2ccc(CO)cc2)cc1. The average Bonchev–Trinajstić information content (AvgIpc) is 2.47. The molecule has 0 aromatic heterocycles. The number of nitrogens with zero attached hydrogens (tertiary/aromatic N) is 1. The van der Waals surface area contributed by atoms with E-state index < -0.39 is 0 Å². The lowest BCUT2D eigenvalue weighted by atomic mass is 10.1. The Morgan fingerprint density at radius 1 is 0.895 bits per heavy atom. The van der Waals surface area contributed by atoms with Crippen LogP contribution in [0.25, 0.3) is 0 Å². The predicted octanol–water partition coefficient (Wildman–Crippen LogP) is 2.82. The minimum atomic E-state index is 0.0570. The van der Waals surface area contributed by atoms with Crippen LogP contribution in [0.1, 0.15) is 16.7 Å². The van der Waals surface area contributed by atoms with Crippen molar-refractivity contribution in [2.24, 2.45) is 0 Å². The Hall–Kier alpha value is -2.31. The number of hydrogen-bond acceptors (Lipinski definition) is 3. The summed E-state index contributed by atoms with van der Waals surface area (Å²) < 4.78 is 5.65. The summed E-state index contributed by atoms with van der Waals surface area (Å²) in [6.45, 7) is 0.546. The third-order valence-electron chi connectivity index (χ3n) is 2.82. The fourth-order valence-corrected chi connectivity index (χ4v) is 1.70. The summed E-state index contributed by atoms with van der Waals surface area (Å²) in [5, 5.41) is 17.5. The summed E-state index contributed by atoms with van der Waals surface area (Å²) in [4.78, 5) is 0. The number of nitriles is 1. The van der Waals surface area contributed by atoms with E-state index in [0.717, 1.165) is 22.4 Å². The van der Waals surface area contributed by atoms with Crippen LogP contribution >= 0.6 is 0 Å². The number of ether oxygens (including phenoxy) is 1. The van der Waals surface area contributed by atoms with Gasteiger partial charge in [-0.1, -0.05) is 36.4 Å². The van der Waals surface area contributed by atoms with Gasteiger partial charge in [0.25, 0.3) is 0 Å². The van der Waals surface area contributed by atoms with Crippen LogP contribution in [0.5, 0.6) is 5.75 Å². The van der Waals surface area contributed by atoms with E-state index in [9.17, 15) is 0 Å². The number of aliphatic hydroxyl groups is 1. The Bertz CT molecular complexity index is 553. The van der Waals surface area contributed by atoms with Crippen LogP contribution in [0.4, 0.5) is 0 Å². The summed E-state index contributed by atoms with van der Waals surface area (Å²) in [6, 6.07) is 17.3. The van der Waals surface area contributed by atoms with Gasteiger partial charge >= 0.3 is 0 Å². The zero-order valence-corrected chi connectivity index (χ0v) is 10.5. The second kappa shape index (κ2) is 6.58. The lowest BCUT2D eigenvalue weighted by molar-refractivity contribution is 0.281. The quantitative estimate of drug-likeness (QED) is 0.891. The first-order chi connectivity index (χ1) is 9.31. The van der Waals surface area contributed by atoms with Crippen LogP contribution in [0.15, 0.2) is 48.5 Å². The maximum absolute atomic E-state index is 8.95. The average molecular weight is 253 g/mol. The molecule has 0 aliphatic carbocycles. The Labute approximate surface area is 112 Å². The van der Waals surface area contributed by atoms with Crippen molar-refractivity contribution < 1.29 is 9.84 Å². The molecule has 0 radical (unpaired) electrons. The molecular formula is C16H15NO2. The van der Waals surface area contributed by atoms with E-state index in [0.29, 0.717) is 13.0 Å². The summed E-state index contributed by atoms with van der Waals surface area (Å²) >= 11 is 0. The number of aliphatic hydroxyl groups excluding tert-OH is 1. The van der Waals surface area contributed by atoms with Gasteiger partial charge in [0.1, 0.15) is 12.4 Å². The van der Waals surface area contributed by atoms with Gasteiger partial charge in [-0.25, -0.2) is 0 Å². The number of rotatable bonds is 5. The molecule has 0 heterocycles. The maximum atomic E-state index is 8.95. The van der Waals surface area contributed by atoms with Gasteiger partial charge in [-0.3, -0.25) is 0 Å². The molecule has 0 fully saturated rings. The van der Waals surface area contributed by atoms with Crippen molar-refractivity contribution in [1.82, 2.24) is 0 Å². The van der Waals surface area contributed by atoms with Crippen LogP contribution in [-0.4, -0.2) is 5.11 Å². The van der Waals surface area contributed by atoms with E-state index in [4.69, 9.17) is 15.1 Å². The van der Waals surface area contributed by atoms with Crippen LogP contribution in [0.2, 0.25) is 0 Å². The molecule has 2 rings (SSSR count). The van der Waals surface area contributed by atoms with Gasteiger partial charge in [-0.15, -0.1) is 0 Å². The van der Waals surface area contributed by atoms with Crippen LogP contribution in [0, 0.1) is 11.3 Å². The summed E-state index contributed by atoms with van der Waals surface area (Å²) in [5.41, 5.74) is 2.94. The Morgan fingerprint density at radius 2 is 1.47 bits per heavy atom. The molecule has 2 aromatic carbocycles. The van der Waals surface area contributed by atoms with Crippen LogP contribution in [0.3, 0.4) is 0 Å². The lowest BCUT2D eigenvalue weighted by Gasteiger charge is -2.07. The van der Waals surface area contributed by atoms with Gasteiger partial charge < -0.3 is 9.84 Å². The summed E-state index contributed by atoms with van der Waals surface area (Å²) in [6.07, 6.45) is 0.420. The number of hydrogen-bond donors (Lipinski definition) is 1. The maximum Gasteiger partial charge on any atom is 0.119 e. The largest absolute Gasteiger partial charge is 0.489 e. The molecule has 0 saturated heterocycles. The fourth-order valence-electron chi connectivity index (χ4n) is 1.70. The molecule has 0 spiro atoms. The van der Waals surface area contributed by atoms with Gasteiger partial charge in [0, 0.05) is 0 Å². The van der Waals surface area contributed by atoms with Crippen molar-refractivity contribution in [1.29, 1.82) is 5.26 Å². The van der Waals surface area contributed by atoms with Crippen molar-refractivity contribution in [2.45, 2.75) is 19.6 Å². The first-order valence-corrected chi connectivity index (χ1v) is 6.09. The molecule has 0 aliphatic heterocycles. The first-order valence-electron chi connectivity index (χ1n) is 6.09. The highest BCUT2D eigenvalue weighted by molar-refractivity contribution is 5.29. The molecule has 0 amide bonds. The van der Waals surface area contributed by atoms with Crippen molar-refractivity contribution in [2.75, 3.05) is 0 Å². The van der Waals surface area contributed by atoms with Crippen molar-refractivity contribution >= 4 is 0 Å². The van der Waals surface area contributed by atoms with Crippen molar-refractivity contribution in [3.05, 3.63) is 65.2 Å². The van der Waals surface area contributed by atoms with E-state index in [1.807, 2.05) is 48.5 Å². The van der Waals surface area contributed by atoms with Crippen LogP contribution < -0.4 is 4.74 Å². The van der Waals surface area contributed by atoms with Gasteiger partial charge in [-0.2, -0.15) is 5.26 Å². The Morgan fingerprint density at radius 3 is 2.05 bits per heavy atom. The third-order valence-corrected chi connectivity index (χ3v) is 2.82. The van der Waals surface area contributed by atoms with E-state index >= 15 is 0 Å². The molecule has 3 heteroatoms. The monoisotopic (exact) mass is 253 g/mol. The first kappa shape index (κ1) is 13.1. The molecule has 0 atom stereocenters. The minimum Gasteiger partial charge on any atom is -0.489 e. The molecular weight excluding hydrogens is 238 g/mol. The topological polar surface area (TPSA) is 53.2 Å². The molecule has 0 saturated carbocycles. The molecule has 19 heavy (non-hydrogen) atoms. The highest BCUT2D eigenvalue weighted by atomic mass is 16.5. The number of benzene rings is 2. The summed E-state index contributed by atoms with van der Waals surface area (Å²) in [7, 11) is 0. The van der Waals surface area contributed by atoms with Gasteiger partial charge in [0.15, 0.2) is 0 Å². The van der Waals surface area contributed by atoms with E-state index in [-0.39, 0.29) is 6.61 Å². The highest BCUT2D eigenvalue weighted by Crippen LogP contribution is 2.15. The minimum absolute atomic E-state index is 0.0570. The molecule has 96 valence electrons. The molecule has 1 N–H and O–H groups in total. The normalized spacial score (nSPS) is 9.89. The second-order valence-electron chi connectivity index (χ2n) is 4.24. The molecule has 3 nitrogen and oxygen atoms in total. The van der Waals surface area contributed by atoms with Crippen molar-refractivity contribution in [3.8, 4) is 11.8 Å². The molecule has 0 aliphatic rings. The lowest BCUT2D eigenvalue weighted by Crippen LogP contribution is -1.96. The van der Waals surface area contributed by atoms with E-state index in [1.54, 1.807) is 0 Å². The standard InChI is InChI=1S/C16H15NO2/c17-10-9-13-5-7-16(8-6-13)19-12-15-3-1-14(11-18)2-4-15/h1-8,18H,9,11-12H2. The van der Waals surface area contributed by atoms with E-state index in [2.05, 4.69) is 6.07 Å². The molecule has 0 unspecified atom stereocenters. The summed E-state index contributed by atoms with van der Waals surface area (Å²) in [5.74, 6) is 0.785. The van der Waals surface area contributed by atoms with Crippen LogP contribution in [-0.2, 0) is 19.6 Å². The smallest absolute Gasteiger partial charge is 0.119 e. The van der Waals surface area contributed by atoms with E-state index in [1.165, 1.54) is 0 Å². The van der Waals surface area contributed by atoms with Gasteiger partial charge in [-0.05, 0) is 28.8 Å². The molecule has 2 aromatic rings. The Kier molecular flexibility index (Phi) is 4.54. The highest BCUT2D eigenvalue weighted by Gasteiger charge is 1.98. The van der Waals surface area contributed by atoms with Crippen molar-refractivity contribution in [3.63, 3.8) is 0 Å². The fraction of sp³-hybridized carbons (Fsp3) is 0.188. The second-order valence-corrected chi connectivity index (χ2v) is 4.24. The molecule has 0 bridgehead atoms.